The molecule has 0 aromatic heterocycles. The van der Waals surface area contributed by atoms with Crippen molar-refractivity contribution in [2.45, 2.75) is 26.2 Å². The van der Waals surface area contributed by atoms with E-state index in [1.807, 2.05) is 17.0 Å². The molecule has 0 bridgehead atoms. The highest BCUT2D eigenvalue weighted by Crippen LogP contribution is 2.35. The van der Waals surface area contributed by atoms with E-state index >= 15 is 0 Å². The maximum absolute atomic E-state index is 13.2. The Morgan fingerprint density at radius 2 is 1.84 bits per heavy atom. The molecule has 0 spiro atoms. The zero-order valence-electron chi connectivity index (χ0n) is 18.9. The summed E-state index contributed by atoms with van der Waals surface area (Å²) >= 11 is 6.09. The van der Waals surface area contributed by atoms with Crippen LogP contribution in [0.4, 0.5) is 0 Å². The third-order valence-electron chi connectivity index (χ3n) is 6.23. The molecule has 2 heterocycles. The van der Waals surface area contributed by atoms with Crippen LogP contribution < -0.4 is 10.1 Å². The third kappa shape index (κ3) is 6.84. The molecule has 1 aromatic carbocycles. The highest BCUT2D eigenvalue weighted by atomic mass is 35.5. The van der Waals surface area contributed by atoms with E-state index in [1.54, 1.807) is 17.0 Å². The number of piperazine rings is 1. The standard InChI is InChI=1S/C23H33ClN4O4/c1-18(29)25-15-22(31)28-8-4-7-23(16-28,17-32-20-6-3-5-19(24)13-20)14-21(30)27-11-9-26(2)10-12-27/h3,5-6,13H,4,7-12,14-17H2,1-2H3,(H,25,29)/t23-/m1/s1. The van der Waals surface area contributed by atoms with Crippen molar-refractivity contribution in [3.63, 3.8) is 0 Å². The Morgan fingerprint density at radius 1 is 1.09 bits per heavy atom. The Kier molecular flexibility index (Phi) is 8.37. The first-order valence-corrected chi connectivity index (χ1v) is 11.5. The van der Waals surface area contributed by atoms with Crippen molar-refractivity contribution in [1.82, 2.24) is 20.0 Å². The molecule has 1 N–H and O–H groups in total. The second kappa shape index (κ2) is 11.0. The number of likely N-dealkylation sites (tertiary alicyclic amines) is 1. The molecule has 1 aromatic rings. The van der Waals surface area contributed by atoms with Gasteiger partial charge in [0, 0.05) is 63.1 Å². The molecule has 0 aliphatic carbocycles. The maximum Gasteiger partial charge on any atom is 0.241 e. The number of hydrogen-bond donors (Lipinski definition) is 1. The van der Waals surface area contributed by atoms with E-state index < -0.39 is 5.41 Å². The number of carbonyl (C=O) groups is 3. The van der Waals surface area contributed by atoms with Crippen molar-refractivity contribution >= 4 is 29.3 Å². The Labute approximate surface area is 194 Å². The van der Waals surface area contributed by atoms with Gasteiger partial charge in [-0.1, -0.05) is 17.7 Å². The summed E-state index contributed by atoms with van der Waals surface area (Å²) < 4.78 is 6.09. The van der Waals surface area contributed by atoms with Crippen LogP contribution in [0.3, 0.4) is 0 Å². The van der Waals surface area contributed by atoms with Crippen LogP contribution in [0.25, 0.3) is 0 Å². The topological polar surface area (TPSA) is 82.2 Å². The van der Waals surface area contributed by atoms with Crippen LogP contribution in [0, 0.1) is 5.41 Å². The van der Waals surface area contributed by atoms with Crippen LogP contribution in [0.5, 0.6) is 5.75 Å². The van der Waals surface area contributed by atoms with Crippen molar-refractivity contribution in [2.24, 2.45) is 5.41 Å². The molecule has 2 fully saturated rings. The van der Waals surface area contributed by atoms with Crippen molar-refractivity contribution in [1.29, 1.82) is 0 Å². The Bertz CT molecular complexity index is 828. The zero-order valence-corrected chi connectivity index (χ0v) is 19.7. The number of piperidine rings is 1. The Hall–Kier alpha value is -2.32. The smallest absolute Gasteiger partial charge is 0.241 e. The third-order valence-corrected chi connectivity index (χ3v) is 6.46. The molecule has 0 radical (unpaired) electrons. The number of rotatable bonds is 7. The highest BCUT2D eigenvalue weighted by Gasteiger charge is 2.41. The lowest BCUT2D eigenvalue weighted by Crippen LogP contribution is -2.54. The number of likely N-dealkylation sites (N-methyl/N-ethyl adjacent to an activating group) is 1. The molecule has 2 saturated heterocycles. The van der Waals surface area contributed by atoms with Gasteiger partial charge < -0.3 is 24.8 Å². The fourth-order valence-electron chi connectivity index (χ4n) is 4.33. The Morgan fingerprint density at radius 3 is 2.53 bits per heavy atom. The van der Waals surface area contributed by atoms with E-state index in [4.69, 9.17) is 16.3 Å². The molecule has 3 rings (SSSR count). The molecule has 0 saturated carbocycles. The molecule has 0 unspecified atom stereocenters. The summed E-state index contributed by atoms with van der Waals surface area (Å²) in [6.45, 7) is 5.85. The average molecular weight is 465 g/mol. The molecular weight excluding hydrogens is 432 g/mol. The summed E-state index contributed by atoms with van der Waals surface area (Å²) in [7, 11) is 2.06. The van der Waals surface area contributed by atoms with E-state index in [1.165, 1.54) is 6.92 Å². The normalized spacial score (nSPS) is 21.8. The molecule has 2 aliphatic heterocycles. The van der Waals surface area contributed by atoms with E-state index in [2.05, 4.69) is 17.3 Å². The van der Waals surface area contributed by atoms with Gasteiger partial charge in [0.25, 0.3) is 0 Å². The summed E-state index contributed by atoms with van der Waals surface area (Å²) in [6, 6.07) is 7.19. The second-order valence-corrected chi connectivity index (χ2v) is 9.37. The van der Waals surface area contributed by atoms with Gasteiger partial charge in [-0.2, -0.15) is 0 Å². The van der Waals surface area contributed by atoms with Gasteiger partial charge in [0.1, 0.15) is 5.75 Å². The van der Waals surface area contributed by atoms with E-state index in [0.717, 1.165) is 25.9 Å². The number of nitrogens with zero attached hydrogens (tertiary/aromatic N) is 3. The minimum absolute atomic E-state index is 0.0348. The largest absolute Gasteiger partial charge is 0.493 e. The van der Waals surface area contributed by atoms with Crippen molar-refractivity contribution in [3.8, 4) is 5.75 Å². The fourth-order valence-corrected chi connectivity index (χ4v) is 4.51. The quantitative estimate of drug-likeness (QED) is 0.663. The van der Waals surface area contributed by atoms with Crippen LogP contribution in [0.1, 0.15) is 26.2 Å². The number of benzene rings is 1. The first-order chi connectivity index (χ1) is 15.3. The van der Waals surface area contributed by atoms with Gasteiger partial charge in [-0.3, -0.25) is 14.4 Å². The molecule has 8 nitrogen and oxygen atoms in total. The summed E-state index contributed by atoms with van der Waals surface area (Å²) in [4.78, 5) is 43.0. The first-order valence-electron chi connectivity index (χ1n) is 11.1. The fraction of sp³-hybridized carbons (Fsp3) is 0.609. The van der Waals surface area contributed by atoms with E-state index in [-0.39, 0.29) is 24.3 Å². The summed E-state index contributed by atoms with van der Waals surface area (Å²) in [5, 5.41) is 3.16. The lowest BCUT2D eigenvalue weighted by atomic mass is 9.77. The number of halogens is 1. The molecule has 32 heavy (non-hydrogen) atoms. The van der Waals surface area contributed by atoms with Gasteiger partial charge in [0.05, 0.1) is 13.2 Å². The lowest BCUT2D eigenvalue weighted by Gasteiger charge is -2.43. The number of nitrogens with one attached hydrogen (secondary N) is 1. The molecular formula is C23H33ClN4O4. The summed E-state index contributed by atoms with van der Waals surface area (Å²) in [5.74, 6) is 0.366. The van der Waals surface area contributed by atoms with Crippen molar-refractivity contribution in [2.75, 3.05) is 59.5 Å². The van der Waals surface area contributed by atoms with Crippen LogP contribution in [0.2, 0.25) is 5.02 Å². The van der Waals surface area contributed by atoms with Crippen LogP contribution >= 0.6 is 11.6 Å². The minimum Gasteiger partial charge on any atom is -0.493 e. The van der Waals surface area contributed by atoms with Gasteiger partial charge in [-0.05, 0) is 38.1 Å². The van der Waals surface area contributed by atoms with E-state index in [0.29, 0.717) is 50.0 Å². The number of ether oxygens (including phenoxy) is 1. The van der Waals surface area contributed by atoms with Crippen molar-refractivity contribution in [3.05, 3.63) is 29.3 Å². The van der Waals surface area contributed by atoms with Crippen LogP contribution in [0.15, 0.2) is 24.3 Å². The minimum atomic E-state index is -0.493. The Balaban J connectivity index is 1.72. The lowest BCUT2D eigenvalue weighted by molar-refractivity contribution is -0.142. The second-order valence-electron chi connectivity index (χ2n) is 8.94. The monoisotopic (exact) mass is 464 g/mol. The van der Waals surface area contributed by atoms with Crippen LogP contribution in [-0.2, 0) is 14.4 Å². The van der Waals surface area contributed by atoms with Gasteiger partial charge >= 0.3 is 0 Å². The number of carbonyl (C=O) groups excluding carboxylic acids is 3. The van der Waals surface area contributed by atoms with Crippen LogP contribution in [-0.4, -0.2) is 91.9 Å². The molecule has 176 valence electrons. The predicted octanol–water partition coefficient (Wildman–Crippen LogP) is 1.63. The van der Waals surface area contributed by atoms with Gasteiger partial charge in [0.15, 0.2) is 0 Å². The van der Waals surface area contributed by atoms with Gasteiger partial charge in [-0.15, -0.1) is 0 Å². The zero-order chi connectivity index (χ0) is 23.1. The molecule has 3 amide bonds. The average Bonchev–Trinajstić information content (AvgIpc) is 2.77. The van der Waals surface area contributed by atoms with E-state index in [9.17, 15) is 14.4 Å². The summed E-state index contributed by atoms with van der Waals surface area (Å²) in [5.41, 5.74) is -0.493. The van der Waals surface area contributed by atoms with Gasteiger partial charge in [-0.25, -0.2) is 0 Å². The number of amides is 3. The molecule has 9 heteroatoms. The molecule has 2 aliphatic rings. The maximum atomic E-state index is 13.2. The summed E-state index contributed by atoms with van der Waals surface area (Å²) in [6.07, 6.45) is 1.89. The molecule has 1 atom stereocenters. The highest BCUT2D eigenvalue weighted by molar-refractivity contribution is 6.30. The van der Waals surface area contributed by atoms with Crippen molar-refractivity contribution < 1.29 is 19.1 Å². The van der Waals surface area contributed by atoms with Gasteiger partial charge in [0.2, 0.25) is 17.7 Å². The SMILES string of the molecule is CC(=O)NCC(=O)N1CCC[C@@](COc2cccc(Cl)c2)(CC(=O)N2CCN(C)CC2)C1. The predicted molar refractivity (Wildman–Crippen MR) is 123 cm³/mol. The first kappa shape index (κ1) is 24.3. The number of hydrogen-bond acceptors (Lipinski definition) is 5.